The lowest BCUT2D eigenvalue weighted by Gasteiger charge is -2.45. The van der Waals surface area contributed by atoms with Gasteiger partial charge in [-0.15, -0.1) is 11.3 Å². The van der Waals surface area contributed by atoms with Crippen LogP contribution in [0.25, 0.3) is 4.96 Å². The topological polar surface area (TPSA) is 43.3 Å². The van der Waals surface area contributed by atoms with E-state index in [1.165, 1.54) is 6.42 Å². The highest BCUT2D eigenvalue weighted by Crippen LogP contribution is 2.43. The van der Waals surface area contributed by atoms with Crippen LogP contribution in [0.15, 0.2) is 17.8 Å². The van der Waals surface area contributed by atoms with Crippen LogP contribution in [-0.2, 0) is 6.42 Å². The highest BCUT2D eigenvalue weighted by molar-refractivity contribution is 7.15. The van der Waals surface area contributed by atoms with Gasteiger partial charge >= 0.3 is 0 Å². The first-order valence-electron chi connectivity index (χ1n) is 7.05. The van der Waals surface area contributed by atoms with Gasteiger partial charge < -0.3 is 5.73 Å². The Bertz CT molecular complexity index is 554. The number of rotatable bonds is 2. The summed E-state index contributed by atoms with van der Waals surface area (Å²) < 4.78 is 2.10. The number of fused-ring (bicyclic) bond motifs is 1. The van der Waals surface area contributed by atoms with Gasteiger partial charge in [0.1, 0.15) is 0 Å². The van der Waals surface area contributed by atoms with Gasteiger partial charge in [0.2, 0.25) is 0 Å². The summed E-state index contributed by atoms with van der Waals surface area (Å²) in [5.41, 5.74) is 8.10. The summed E-state index contributed by atoms with van der Waals surface area (Å²) in [5, 5.41) is 2.07. The van der Waals surface area contributed by atoms with E-state index >= 15 is 0 Å². The SMILES string of the molecule is CC1CC(C)(C)CC(N)(Cc2cn3ccsc3n2)C1. The van der Waals surface area contributed by atoms with Crippen molar-refractivity contribution in [2.75, 3.05) is 0 Å². The van der Waals surface area contributed by atoms with E-state index in [-0.39, 0.29) is 5.54 Å². The summed E-state index contributed by atoms with van der Waals surface area (Å²) in [6.07, 6.45) is 8.58. The predicted molar refractivity (Wildman–Crippen MR) is 80.5 cm³/mol. The summed E-state index contributed by atoms with van der Waals surface area (Å²) in [5.74, 6) is 0.706. The first kappa shape index (κ1) is 13.1. The van der Waals surface area contributed by atoms with Gasteiger partial charge in [0.05, 0.1) is 5.69 Å². The summed E-state index contributed by atoms with van der Waals surface area (Å²) in [6, 6.07) is 0. The minimum atomic E-state index is -0.0921. The summed E-state index contributed by atoms with van der Waals surface area (Å²) in [7, 11) is 0. The second-order valence-corrected chi connectivity index (χ2v) is 8.09. The van der Waals surface area contributed by atoms with Crippen molar-refractivity contribution in [3.05, 3.63) is 23.5 Å². The number of nitrogens with zero attached hydrogens (tertiary/aromatic N) is 2. The summed E-state index contributed by atoms with van der Waals surface area (Å²) >= 11 is 1.68. The molecule has 1 aliphatic carbocycles. The number of imidazole rings is 1. The van der Waals surface area contributed by atoms with Crippen molar-refractivity contribution in [3.63, 3.8) is 0 Å². The lowest BCUT2D eigenvalue weighted by atomic mass is 9.63. The normalized spacial score (nSPS) is 30.8. The van der Waals surface area contributed by atoms with E-state index in [1.54, 1.807) is 11.3 Å². The average Bonchev–Trinajstić information content (AvgIpc) is 2.71. The van der Waals surface area contributed by atoms with Gasteiger partial charge in [-0.3, -0.25) is 4.40 Å². The zero-order valence-corrected chi connectivity index (χ0v) is 12.8. The number of aromatic nitrogens is 2. The Kier molecular flexibility index (Phi) is 2.98. The van der Waals surface area contributed by atoms with Crippen LogP contribution in [0.1, 0.15) is 45.7 Å². The third-order valence-corrected chi connectivity index (χ3v) is 4.93. The number of hydrogen-bond donors (Lipinski definition) is 1. The van der Waals surface area contributed by atoms with Crippen molar-refractivity contribution in [1.82, 2.24) is 9.38 Å². The lowest BCUT2D eigenvalue weighted by molar-refractivity contribution is 0.107. The molecule has 19 heavy (non-hydrogen) atoms. The molecule has 0 spiro atoms. The van der Waals surface area contributed by atoms with Gasteiger partial charge in [-0.2, -0.15) is 0 Å². The quantitative estimate of drug-likeness (QED) is 0.913. The molecule has 0 aliphatic heterocycles. The van der Waals surface area contributed by atoms with E-state index in [9.17, 15) is 0 Å². The number of thiazole rings is 1. The minimum absolute atomic E-state index is 0.0921. The van der Waals surface area contributed by atoms with Crippen LogP contribution in [-0.4, -0.2) is 14.9 Å². The van der Waals surface area contributed by atoms with Crippen LogP contribution in [0, 0.1) is 11.3 Å². The fourth-order valence-corrected chi connectivity index (χ4v) is 4.88. The molecule has 1 fully saturated rings. The third-order valence-electron chi connectivity index (χ3n) is 4.16. The van der Waals surface area contributed by atoms with E-state index in [4.69, 9.17) is 5.73 Å². The Morgan fingerprint density at radius 1 is 1.47 bits per heavy atom. The molecule has 4 heteroatoms. The molecule has 2 aromatic heterocycles. The van der Waals surface area contributed by atoms with Crippen LogP contribution in [0.4, 0.5) is 0 Å². The highest BCUT2D eigenvalue weighted by Gasteiger charge is 2.40. The molecule has 2 aromatic rings. The van der Waals surface area contributed by atoms with E-state index in [0.717, 1.165) is 29.9 Å². The Balaban J connectivity index is 1.82. The number of hydrogen-bond acceptors (Lipinski definition) is 3. The Morgan fingerprint density at radius 2 is 2.26 bits per heavy atom. The molecule has 3 rings (SSSR count). The van der Waals surface area contributed by atoms with Crippen molar-refractivity contribution in [1.29, 1.82) is 0 Å². The maximum absolute atomic E-state index is 6.70. The zero-order chi connectivity index (χ0) is 13.7. The van der Waals surface area contributed by atoms with E-state index in [0.29, 0.717) is 11.3 Å². The van der Waals surface area contributed by atoms with Gasteiger partial charge in [0.15, 0.2) is 4.96 Å². The molecular weight excluding hydrogens is 254 g/mol. The maximum atomic E-state index is 6.70. The van der Waals surface area contributed by atoms with Gasteiger partial charge in [-0.1, -0.05) is 20.8 Å². The molecule has 2 atom stereocenters. The summed E-state index contributed by atoms with van der Waals surface area (Å²) in [4.78, 5) is 5.76. The first-order chi connectivity index (χ1) is 8.85. The predicted octanol–water partition coefficient (Wildman–Crippen LogP) is 3.48. The monoisotopic (exact) mass is 277 g/mol. The molecule has 0 amide bonds. The maximum Gasteiger partial charge on any atom is 0.193 e. The van der Waals surface area contributed by atoms with Gasteiger partial charge in [-0.05, 0) is 30.6 Å². The van der Waals surface area contributed by atoms with Crippen LogP contribution in [0.2, 0.25) is 0 Å². The smallest absolute Gasteiger partial charge is 0.193 e. The third kappa shape index (κ3) is 2.70. The van der Waals surface area contributed by atoms with Crippen LogP contribution in [0.5, 0.6) is 0 Å². The van der Waals surface area contributed by atoms with Gasteiger partial charge in [0.25, 0.3) is 0 Å². The Hall–Kier alpha value is -0.870. The molecule has 0 saturated heterocycles. The molecule has 104 valence electrons. The molecule has 0 bridgehead atoms. The minimum Gasteiger partial charge on any atom is -0.325 e. The largest absolute Gasteiger partial charge is 0.325 e. The van der Waals surface area contributed by atoms with Crippen LogP contribution < -0.4 is 5.73 Å². The van der Waals surface area contributed by atoms with Crippen molar-refractivity contribution >= 4 is 16.3 Å². The standard InChI is InChI=1S/C15H23N3S/c1-11-6-14(2,3)10-15(16,7-11)8-12-9-18-4-5-19-13(18)17-12/h4-5,9,11H,6-8,10,16H2,1-3H3. The molecule has 2 heterocycles. The molecule has 3 nitrogen and oxygen atoms in total. The molecule has 1 aliphatic rings. The zero-order valence-electron chi connectivity index (χ0n) is 12.0. The number of nitrogens with two attached hydrogens (primary N) is 1. The molecular formula is C15H23N3S. The lowest BCUT2D eigenvalue weighted by Crippen LogP contribution is -2.50. The Morgan fingerprint density at radius 3 is 2.95 bits per heavy atom. The van der Waals surface area contributed by atoms with Crippen molar-refractivity contribution in [2.24, 2.45) is 17.1 Å². The highest BCUT2D eigenvalue weighted by atomic mass is 32.1. The second-order valence-electron chi connectivity index (χ2n) is 7.22. The van der Waals surface area contributed by atoms with E-state index in [2.05, 4.69) is 47.9 Å². The van der Waals surface area contributed by atoms with Crippen LogP contribution in [0.3, 0.4) is 0 Å². The van der Waals surface area contributed by atoms with Gasteiger partial charge in [-0.25, -0.2) is 4.98 Å². The molecule has 0 aromatic carbocycles. The molecule has 2 N–H and O–H groups in total. The molecule has 0 radical (unpaired) electrons. The average molecular weight is 277 g/mol. The Labute approximate surface area is 118 Å². The van der Waals surface area contributed by atoms with E-state index < -0.39 is 0 Å². The van der Waals surface area contributed by atoms with E-state index in [1.807, 2.05) is 0 Å². The van der Waals surface area contributed by atoms with Crippen molar-refractivity contribution in [2.45, 2.75) is 52.0 Å². The second kappa shape index (κ2) is 4.32. The fraction of sp³-hybridized carbons (Fsp3) is 0.667. The van der Waals surface area contributed by atoms with Crippen LogP contribution >= 0.6 is 11.3 Å². The van der Waals surface area contributed by atoms with Crippen molar-refractivity contribution < 1.29 is 0 Å². The summed E-state index contributed by atoms with van der Waals surface area (Å²) in [6.45, 7) is 7.01. The van der Waals surface area contributed by atoms with Crippen molar-refractivity contribution in [3.8, 4) is 0 Å². The van der Waals surface area contributed by atoms with Gasteiger partial charge in [0, 0.05) is 29.7 Å². The first-order valence-corrected chi connectivity index (χ1v) is 7.93. The molecule has 1 saturated carbocycles. The molecule has 2 unspecified atom stereocenters. The fourth-order valence-electron chi connectivity index (χ4n) is 4.16.